The Hall–Kier alpha value is -3.08. The Kier molecular flexibility index (Phi) is 3.74. The molecule has 0 spiro atoms. The van der Waals surface area contributed by atoms with Crippen molar-refractivity contribution in [1.82, 2.24) is 10.2 Å². The zero-order valence-electron chi connectivity index (χ0n) is 15.2. The lowest BCUT2D eigenvalue weighted by Gasteiger charge is -2.35. The van der Waals surface area contributed by atoms with E-state index >= 15 is 0 Å². The normalized spacial score (nSPS) is 22.1. The number of fused-ring (bicyclic) bond motifs is 1. The molecule has 5 rings (SSSR count). The summed E-state index contributed by atoms with van der Waals surface area (Å²) in [6.45, 7) is 0. The van der Waals surface area contributed by atoms with Crippen molar-refractivity contribution in [3.05, 3.63) is 83.2 Å². The molecule has 1 aliphatic carbocycles. The first-order chi connectivity index (χ1) is 13.3. The van der Waals surface area contributed by atoms with Gasteiger partial charge in [0.25, 0.3) is 0 Å². The van der Waals surface area contributed by atoms with Gasteiger partial charge >= 0.3 is 0 Å². The number of para-hydroxylation sites is 1. The van der Waals surface area contributed by atoms with Crippen molar-refractivity contribution >= 4 is 11.5 Å². The molecule has 2 heterocycles. The summed E-state index contributed by atoms with van der Waals surface area (Å²) >= 11 is 0. The second-order valence-electron chi connectivity index (χ2n) is 7.43. The maximum absolute atomic E-state index is 6.40. The molecule has 136 valence electrons. The lowest BCUT2D eigenvalue weighted by atomic mass is 9.92. The minimum Gasteiger partial charge on any atom is -0.383 e. The summed E-state index contributed by atoms with van der Waals surface area (Å²) < 4.78 is 0. The molecule has 1 saturated carbocycles. The average molecular weight is 357 g/mol. The zero-order valence-corrected chi connectivity index (χ0v) is 15.2. The molecule has 2 aromatic carbocycles. The van der Waals surface area contributed by atoms with Gasteiger partial charge in [-0.25, -0.2) is 4.99 Å². The highest BCUT2D eigenvalue weighted by Crippen LogP contribution is 2.40. The largest absolute Gasteiger partial charge is 0.383 e. The molecular formula is C22H23N5. The number of hydrogen-bond acceptors (Lipinski definition) is 4. The Morgan fingerprint density at radius 2 is 1.70 bits per heavy atom. The number of nitrogens with zero attached hydrogens (tertiary/aromatic N) is 2. The van der Waals surface area contributed by atoms with Gasteiger partial charge in [0.05, 0.1) is 0 Å². The third-order valence-electron chi connectivity index (χ3n) is 5.76. The Morgan fingerprint density at radius 1 is 0.963 bits per heavy atom. The minimum atomic E-state index is -0.826. The molecule has 1 aliphatic heterocycles. The molecule has 1 unspecified atom stereocenters. The number of benzene rings is 2. The summed E-state index contributed by atoms with van der Waals surface area (Å²) in [6, 6.07) is 20.4. The van der Waals surface area contributed by atoms with Gasteiger partial charge in [0, 0.05) is 28.4 Å². The van der Waals surface area contributed by atoms with Gasteiger partial charge in [-0.3, -0.25) is 5.10 Å². The van der Waals surface area contributed by atoms with Crippen LogP contribution in [0.25, 0.3) is 0 Å². The monoisotopic (exact) mass is 357 g/mol. The number of aromatic nitrogens is 2. The number of H-pyrrole nitrogens is 1. The van der Waals surface area contributed by atoms with Crippen LogP contribution in [0.1, 0.15) is 54.1 Å². The highest BCUT2D eigenvalue weighted by Gasteiger charge is 2.40. The van der Waals surface area contributed by atoms with Crippen LogP contribution >= 0.6 is 0 Å². The van der Waals surface area contributed by atoms with Crippen LogP contribution in [-0.2, 0) is 5.66 Å². The van der Waals surface area contributed by atoms with E-state index in [1.807, 2.05) is 42.5 Å². The topological polar surface area (TPSA) is 79.1 Å². The van der Waals surface area contributed by atoms with Gasteiger partial charge in [0.2, 0.25) is 5.66 Å². The molecule has 0 radical (unpaired) electrons. The highest BCUT2D eigenvalue weighted by atomic mass is 15.2. The molecule has 5 heteroatoms. The number of amidine groups is 1. The molecule has 0 bridgehead atoms. The van der Waals surface area contributed by atoms with E-state index in [-0.39, 0.29) is 0 Å². The predicted molar refractivity (Wildman–Crippen MR) is 108 cm³/mol. The van der Waals surface area contributed by atoms with Gasteiger partial charge in [0.1, 0.15) is 11.5 Å². The van der Waals surface area contributed by atoms with Gasteiger partial charge in [-0.2, -0.15) is 5.10 Å². The number of aliphatic imine (C=N–C) groups is 1. The molecule has 2 aliphatic rings. The van der Waals surface area contributed by atoms with Gasteiger partial charge in [-0.1, -0.05) is 55.3 Å². The fourth-order valence-corrected chi connectivity index (χ4v) is 4.33. The van der Waals surface area contributed by atoms with E-state index in [0.717, 1.165) is 22.5 Å². The Morgan fingerprint density at radius 3 is 2.52 bits per heavy atom. The van der Waals surface area contributed by atoms with E-state index in [4.69, 9.17) is 15.8 Å². The molecule has 3 aromatic rings. The average Bonchev–Trinajstić information content (AvgIpc) is 3.40. The van der Waals surface area contributed by atoms with Gasteiger partial charge in [0.15, 0.2) is 0 Å². The lowest BCUT2D eigenvalue weighted by Crippen LogP contribution is -2.41. The number of hydrogen-bond donors (Lipinski definition) is 3. The first-order valence-corrected chi connectivity index (χ1v) is 9.60. The number of nitrogens with two attached hydrogens (primary N) is 1. The first kappa shape index (κ1) is 16.1. The van der Waals surface area contributed by atoms with Crippen LogP contribution in [-0.4, -0.2) is 16.0 Å². The third-order valence-corrected chi connectivity index (χ3v) is 5.76. The molecule has 0 saturated heterocycles. The minimum absolute atomic E-state index is 0.526. The number of rotatable bonds is 3. The van der Waals surface area contributed by atoms with Crippen LogP contribution in [0.4, 0.5) is 5.69 Å². The maximum Gasteiger partial charge on any atom is 0.202 e. The summed E-state index contributed by atoms with van der Waals surface area (Å²) in [5.74, 6) is 1.09. The van der Waals surface area contributed by atoms with E-state index in [0.29, 0.717) is 11.8 Å². The van der Waals surface area contributed by atoms with Crippen molar-refractivity contribution in [1.29, 1.82) is 0 Å². The van der Waals surface area contributed by atoms with Crippen LogP contribution in [0.3, 0.4) is 0 Å². The summed E-state index contributed by atoms with van der Waals surface area (Å²) in [7, 11) is 0. The molecule has 1 atom stereocenters. The summed E-state index contributed by atoms with van der Waals surface area (Å²) in [5, 5.41) is 11.6. The smallest absolute Gasteiger partial charge is 0.202 e. The summed E-state index contributed by atoms with van der Waals surface area (Å²) in [5.41, 5.74) is 10.5. The predicted octanol–water partition coefficient (Wildman–Crippen LogP) is 4.10. The molecule has 4 N–H and O–H groups in total. The molecule has 27 heavy (non-hydrogen) atoms. The van der Waals surface area contributed by atoms with Crippen LogP contribution in [0.15, 0.2) is 65.7 Å². The molecule has 1 aromatic heterocycles. The Balaban J connectivity index is 1.66. The van der Waals surface area contributed by atoms with Crippen molar-refractivity contribution < 1.29 is 0 Å². The fraction of sp³-hybridized carbons (Fsp3) is 0.273. The van der Waals surface area contributed by atoms with Crippen LogP contribution in [0, 0.1) is 0 Å². The van der Waals surface area contributed by atoms with Crippen LogP contribution in [0.2, 0.25) is 0 Å². The maximum atomic E-state index is 6.40. The molecular weight excluding hydrogens is 334 g/mol. The van der Waals surface area contributed by atoms with Crippen molar-refractivity contribution in [2.45, 2.75) is 37.3 Å². The quantitative estimate of drug-likeness (QED) is 0.660. The first-order valence-electron chi connectivity index (χ1n) is 9.60. The van der Waals surface area contributed by atoms with E-state index in [2.05, 4.69) is 28.6 Å². The third kappa shape index (κ3) is 2.62. The Labute approximate surface area is 158 Å². The van der Waals surface area contributed by atoms with E-state index < -0.39 is 5.66 Å². The van der Waals surface area contributed by atoms with Crippen molar-refractivity contribution in [2.75, 3.05) is 5.32 Å². The molecule has 1 fully saturated rings. The number of aromatic amines is 1. The standard InChI is InChI=1S/C22H23N5/c23-21-17-12-6-7-13-18(17)24-22(25-21,16-10-2-1-3-11-16)20-14-19(26-27-20)15-8-4-5-9-15/h1-3,6-7,10-15,24H,4-5,8-9H2,(H2,23,25)(H,26,27). The lowest BCUT2D eigenvalue weighted by molar-refractivity contribution is 0.594. The number of nitrogens with one attached hydrogen (secondary N) is 2. The van der Waals surface area contributed by atoms with Crippen molar-refractivity contribution in [2.24, 2.45) is 10.7 Å². The van der Waals surface area contributed by atoms with Crippen molar-refractivity contribution in [3.8, 4) is 0 Å². The second-order valence-corrected chi connectivity index (χ2v) is 7.43. The molecule has 0 amide bonds. The van der Waals surface area contributed by atoms with Crippen LogP contribution in [0.5, 0.6) is 0 Å². The van der Waals surface area contributed by atoms with Crippen molar-refractivity contribution in [3.63, 3.8) is 0 Å². The number of anilines is 1. The molecule has 5 nitrogen and oxygen atoms in total. The fourth-order valence-electron chi connectivity index (χ4n) is 4.33. The van der Waals surface area contributed by atoms with Gasteiger partial charge in [-0.15, -0.1) is 0 Å². The van der Waals surface area contributed by atoms with E-state index in [1.165, 1.54) is 31.4 Å². The summed E-state index contributed by atoms with van der Waals surface area (Å²) in [6.07, 6.45) is 5.03. The summed E-state index contributed by atoms with van der Waals surface area (Å²) in [4.78, 5) is 4.94. The SMILES string of the molecule is NC1=NC(c2ccccc2)(c2cc(C3CCCC3)[nH]n2)Nc2ccccc21. The highest BCUT2D eigenvalue weighted by molar-refractivity contribution is 6.04. The van der Waals surface area contributed by atoms with Gasteiger partial charge in [-0.05, 0) is 31.0 Å². The van der Waals surface area contributed by atoms with Crippen LogP contribution < -0.4 is 11.1 Å². The van der Waals surface area contributed by atoms with E-state index in [1.54, 1.807) is 0 Å². The Bertz CT molecular complexity index is 985. The van der Waals surface area contributed by atoms with E-state index in [9.17, 15) is 0 Å². The van der Waals surface area contributed by atoms with Gasteiger partial charge < -0.3 is 11.1 Å². The second kappa shape index (κ2) is 6.27. The zero-order chi connectivity index (χ0) is 18.3.